The lowest BCUT2D eigenvalue weighted by molar-refractivity contribution is -0.160. The minimum absolute atomic E-state index is 0.233. The van der Waals surface area contributed by atoms with E-state index in [1.807, 2.05) is 11.9 Å². The average Bonchev–Trinajstić information content (AvgIpc) is 2.81. The first kappa shape index (κ1) is 25.0. The van der Waals surface area contributed by atoms with E-state index in [0.717, 1.165) is 6.26 Å². The maximum absolute atomic E-state index is 13.1. The monoisotopic (exact) mass is 522 g/mol. The van der Waals surface area contributed by atoms with Crippen LogP contribution in [0.2, 0.25) is 10.0 Å². The van der Waals surface area contributed by atoms with Crippen molar-refractivity contribution < 1.29 is 19.7 Å². The predicted octanol–water partition coefficient (Wildman–Crippen LogP) is 6.38. The van der Waals surface area contributed by atoms with Crippen molar-refractivity contribution in [2.45, 2.75) is 5.60 Å². The van der Waals surface area contributed by atoms with Crippen LogP contribution in [0, 0.1) is 0 Å². The van der Waals surface area contributed by atoms with E-state index in [9.17, 15) is 15.0 Å². The van der Waals surface area contributed by atoms with E-state index < -0.39 is 11.6 Å². The standard InChI is InChI=1S/C23H18Cl2O4.CH3Br/c24-20-10-4-8-18(12-20)23(28,19-9-5-11-21(25)13-19)22(27)29-15-17(14-26)16-6-2-1-3-7-16;1-2/h1-14,26,28H,15H2;1H3. The molecule has 0 atom stereocenters. The molecule has 162 valence electrons. The number of rotatable bonds is 6. The van der Waals surface area contributed by atoms with Gasteiger partial charge in [-0.3, -0.25) is 0 Å². The first-order valence-corrected chi connectivity index (χ1v) is 11.5. The van der Waals surface area contributed by atoms with Crippen molar-refractivity contribution in [2.75, 3.05) is 12.4 Å². The fourth-order valence-corrected chi connectivity index (χ4v) is 3.31. The van der Waals surface area contributed by atoms with Gasteiger partial charge in [-0.15, -0.1) is 0 Å². The third-order valence-corrected chi connectivity index (χ3v) is 4.91. The van der Waals surface area contributed by atoms with Crippen LogP contribution < -0.4 is 0 Å². The predicted molar refractivity (Wildman–Crippen MR) is 129 cm³/mol. The number of hydrogen-bond donors (Lipinski definition) is 2. The van der Waals surface area contributed by atoms with Crippen molar-refractivity contribution in [3.8, 4) is 0 Å². The van der Waals surface area contributed by atoms with Crippen LogP contribution in [0.4, 0.5) is 0 Å². The highest BCUT2D eigenvalue weighted by molar-refractivity contribution is 9.08. The molecule has 3 rings (SSSR count). The van der Waals surface area contributed by atoms with Gasteiger partial charge in [-0.25, -0.2) is 4.79 Å². The van der Waals surface area contributed by atoms with E-state index in [2.05, 4.69) is 15.9 Å². The van der Waals surface area contributed by atoms with Gasteiger partial charge >= 0.3 is 5.97 Å². The van der Waals surface area contributed by atoms with Gasteiger partial charge in [0.05, 0.1) is 6.26 Å². The van der Waals surface area contributed by atoms with Crippen LogP contribution >= 0.6 is 39.1 Å². The number of hydrogen-bond acceptors (Lipinski definition) is 4. The molecule has 0 saturated carbocycles. The Bertz CT molecular complexity index is 993. The molecule has 0 spiro atoms. The van der Waals surface area contributed by atoms with Crippen LogP contribution in [-0.4, -0.2) is 28.6 Å². The zero-order valence-corrected chi connectivity index (χ0v) is 19.7. The molecule has 0 aromatic heterocycles. The molecule has 31 heavy (non-hydrogen) atoms. The highest BCUT2D eigenvalue weighted by Gasteiger charge is 2.42. The summed E-state index contributed by atoms with van der Waals surface area (Å²) < 4.78 is 5.40. The molecule has 2 N–H and O–H groups in total. The summed E-state index contributed by atoms with van der Waals surface area (Å²) in [6.45, 7) is -0.233. The van der Waals surface area contributed by atoms with Gasteiger partial charge in [-0.2, -0.15) is 0 Å². The number of aliphatic hydroxyl groups is 2. The molecular weight excluding hydrogens is 503 g/mol. The third kappa shape index (κ3) is 6.11. The Hall–Kier alpha value is -2.31. The second-order valence-corrected chi connectivity index (χ2v) is 7.20. The topological polar surface area (TPSA) is 66.8 Å². The van der Waals surface area contributed by atoms with Crippen molar-refractivity contribution >= 4 is 50.7 Å². The average molecular weight is 524 g/mol. The van der Waals surface area contributed by atoms with Crippen molar-refractivity contribution in [1.82, 2.24) is 0 Å². The van der Waals surface area contributed by atoms with E-state index in [0.29, 0.717) is 21.2 Å². The number of halogens is 3. The maximum atomic E-state index is 13.1. The van der Waals surface area contributed by atoms with Gasteiger partial charge < -0.3 is 14.9 Å². The lowest BCUT2D eigenvalue weighted by atomic mass is 9.86. The second-order valence-electron chi connectivity index (χ2n) is 6.33. The molecular formula is C24H21BrCl2O4. The van der Waals surface area contributed by atoms with Crippen LogP contribution in [0.1, 0.15) is 16.7 Å². The minimum Gasteiger partial charge on any atom is -0.515 e. The lowest BCUT2D eigenvalue weighted by Crippen LogP contribution is -2.39. The molecule has 0 saturated heterocycles. The first-order chi connectivity index (χ1) is 14.9. The van der Waals surface area contributed by atoms with Gasteiger partial charge in [-0.1, -0.05) is 93.7 Å². The number of aliphatic hydroxyl groups excluding tert-OH is 1. The highest BCUT2D eigenvalue weighted by atomic mass is 79.9. The van der Waals surface area contributed by atoms with Gasteiger partial charge in [0.1, 0.15) is 6.61 Å². The largest absolute Gasteiger partial charge is 0.515 e. The van der Waals surface area contributed by atoms with Crippen LogP contribution in [-0.2, 0) is 15.1 Å². The van der Waals surface area contributed by atoms with Crippen LogP contribution in [0.5, 0.6) is 0 Å². The Morgan fingerprint density at radius 2 is 1.45 bits per heavy atom. The number of alkyl halides is 1. The summed E-state index contributed by atoms with van der Waals surface area (Å²) >= 11 is 15.1. The van der Waals surface area contributed by atoms with Gasteiger partial charge in [0.2, 0.25) is 5.60 Å². The summed E-state index contributed by atoms with van der Waals surface area (Å²) in [4.78, 5) is 13.1. The van der Waals surface area contributed by atoms with Crippen LogP contribution in [0.25, 0.3) is 5.57 Å². The van der Waals surface area contributed by atoms with E-state index in [4.69, 9.17) is 27.9 Å². The molecule has 4 nitrogen and oxygen atoms in total. The Morgan fingerprint density at radius 3 is 1.90 bits per heavy atom. The first-order valence-electron chi connectivity index (χ1n) is 9.13. The summed E-state index contributed by atoms with van der Waals surface area (Å²) in [5.41, 5.74) is -0.569. The zero-order valence-electron chi connectivity index (χ0n) is 16.6. The SMILES string of the molecule is CBr.O=C(OCC(=CO)c1ccccc1)C(O)(c1cccc(Cl)c1)c1cccc(Cl)c1. The fraction of sp³-hybridized carbons (Fsp3) is 0.125. The molecule has 0 aliphatic carbocycles. The van der Waals surface area contributed by atoms with Gasteiger partial charge in [0.15, 0.2) is 0 Å². The molecule has 0 amide bonds. The number of carbonyl (C=O) groups excluding carboxylic acids is 1. The lowest BCUT2D eigenvalue weighted by Gasteiger charge is -2.27. The third-order valence-electron chi connectivity index (χ3n) is 4.44. The molecule has 0 fully saturated rings. The number of ether oxygens (including phenoxy) is 1. The van der Waals surface area contributed by atoms with Crippen LogP contribution in [0.15, 0.2) is 85.1 Å². The molecule has 7 heteroatoms. The maximum Gasteiger partial charge on any atom is 0.348 e. The molecule has 0 bridgehead atoms. The van der Waals surface area contributed by atoms with Crippen molar-refractivity contribution in [3.63, 3.8) is 0 Å². The van der Waals surface area contributed by atoms with Crippen LogP contribution in [0.3, 0.4) is 0 Å². The van der Waals surface area contributed by atoms with Crippen molar-refractivity contribution in [3.05, 3.63) is 112 Å². The molecule has 3 aromatic carbocycles. The smallest absolute Gasteiger partial charge is 0.348 e. The normalized spacial score (nSPS) is 11.3. The summed E-state index contributed by atoms with van der Waals surface area (Å²) in [7, 11) is 0. The molecule has 0 heterocycles. The minimum atomic E-state index is -2.13. The van der Waals surface area contributed by atoms with E-state index in [-0.39, 0.29) is 17.7 Å². The summed E-state index contributed by atoms with van der Waals surface area (Å²) in [6, 6.07) is 21.6. The van der Waals surface area contributed by atoms with E-state index >= 15 is 0 Å². The van der Waals surface area contributed by atoms with Crippen molar-refractivity contribution in [1.29, 1.82) is 0 Å². The molecule has 0 radical (unpaired) electrons. The summed E-state index contributed by atoms with van der Waals surface area (Å²) in [5.74, 6) is 0.893. The van der Waals surface area contributed by atoms with Gasteiger partial charge in [0.25, 0.3) is 0 Å². The Morgan fingerprint density at radius 1 is 0.935 bits per heavy atom. The molecule has 0 unspecified atom stereocenters. The number of carbonyl (C=O) groups is 1. The molecule has 0 aliphatic heterocycles. The Kier molecular flexibility index (Phi) is 9.59. The summed E-state index contributed by atoms with van der Waals surface area (Å²) in [6.07, 6.45) is 0.875. The fourth-order valence-electron chi connectivity index (χ4n) is 2.92. The number of esters is 1. The summed E-state index contributed by atoms with van der Waals surface area (Å²) in [5, 5.41) is 21.7. The second kappa shape index (κ2) is 11.9. The Labute approximate surface area is 199 Å². The molecule has 0 aliphatic rings. The molecule has 3 aromatic rings. The van der Waals surface area contributed by atoms with Crippen molar-refractivity contribution in [2.24, 2.45) is 0 Å². The highest BCUT2D eigenvalue weighted by Crippen LogP contribution is 2.34. The Balaban J connectivity index is 0.00000166. The number of benzene rings is 3. The van der Waals surface area contributed by atoms with Gasteiger partial charge in [0, 0.05) is 26.7 Å². The quantitative estimate of drug-likeness (QED) is 0.223. The zero-order chi connectivity index (χ0) is 22.9. The van der Waals surface area contributed by atoms with E-state index in [1.165, 1.54) is 12.1 Å². The van der Waals surface area contributed by atoms with Gasteiger partial charge in [-0.05, 0) is 35.7 Å². The van der Waals surface area contributed by atoms with E-state index in [1.54, 1.807) is 60.7 Å².